The van der Waals surface area contributed by atoms with Gasteiger partial charge in [-0.15, -0.1) is 0 Å². The molecule has 0 spiro atoms. The maximum atomic E-state index is 13.4. The number of carbonyl (C=O) groups is 2. The number of aldehydes is 1. The molecule has 4 heteroatoms. The lowest BCUT2D eigenvalue weighted by atomic mass is 9.48. The molecule has 9 unspecified atom stereocenters. The van der Waals surface area contributed by atoms with Gasteiger partial charge >= 0.3 is 0 Å². The first kappa shape index (κ1) is 20.5. The van der Waals surface area contributed by atoms with Crippen LogP contribution in [-0.2, 0) is 11.3 Å². The van der Waals surface area contributed by atoms with Crippen molar-refractivity contribution in [2.45, 2.75) is 78.7 Å². The maximum Gasteiger partial charge on any atom is 0.157 e. The van der Waals surface area contributed by atoms with Gasteiger partial charge in [0.15, 0.2) is 12.1 Å². The molecule has 5 rings (SSSR count). The van der Waals surface area contributed by atoms with E-state index in [1.54, 1.807) is 17.1 Å². The van der Waals surface area contributed by atoms with Crippen LogP contribution in [0.3, 0.4) is 0 Å². The van der Waals surface area contributed by atoms with Crippen LogP contribution in [0.2, 0.25) is 0 Å². The summed E-state index contributed by atoms with van der Waals surface area (Å²) in [5, 5.41) is 4.23. The van der Waals surface area contributed by atoms with Gasteiger partial charge in [-0.1, -0.05) is 27.2 Å². The lowest BCUT2D eigenvalue weighted by Crippen LogP contribution is -2.50. The van der Waals surface area contributed by atoms with Crippen LogP contribution in [0.5, 0.6) is 0 Å². The monoisotopic (exact) mass is 410 g/mol. The van der Waals surface area contributed by atoms with E-state index >= 15 is 0 Å². The molecule has 1 aromatic rings. The van der Waals surface area contributed by atoms with Crippen molar-refractivity contribution in [3.05, 3.63) is 18.0 Å². The average molecular weight is 411 g/mol. The molecule has 30 heavy (non-hydrogen) atoms. The second-order valence-electron chi connectivity index (χ2n) is 11.6. The van der Waals surface area contributed by atoms with Crippen molar-refractivity contribution in [2.75, 3.05) is 0 Å². The van der Waals surface area contributed by atoms with Gasteiger partial charge in [-0.25, -0.2) is 0 Å². The van der Waals surface area contributed by atoms with Crippen molar-refractivity contribution in [2.24, 2.45) is 52.8 Å². The van der Waals surface area contributed by atoms with Crippen molar-refractivity contribution in [3.8, 4) is 0 Å². The van der Waals surface area contributed by atoms with Crippen molar-refractivity contribution in [3.63, 3.8) is 0 Å². The summed E-state index contributed by atoms with van der Waals surface area (Å²) in [5.74, 6) is 6.40. The largest absolute Gasteiger partial charge is 0.298 e. The first-order valence-electron chi connectivity index (χ1n) is 12.4. The fraction of sp³-hybridized carbons (Fsp3) is 0.808. The van der Waals surface area contributed by atoms with E-state index < -0.39 is 0 Å². The van der Waals surface area contributed by atoms with Gasteiger partial charge in [0.25, 0.3) is 0 Å². The maximum absolute atomic E-state index is 13.4. The number of rotatable bonds is 4. The minimum atomic E-state index is 0.145. The first-order valence-corrected chi connectivity index (χ1v) is 12.4. The second kappa shape index (κ2) is 7.60. The van der Waals surface area contributed by atoms with Crippen molar-refractivity contribution in [1.82, 2.24) is 9.78 Å². The lowest BCUT2D eigenvalue weighted by Gasteiger charge is -2.56. The Kier molecular flexibility index (Phi) is 5.18. The number of ketones is 1. The zero-order valence-electron chi connectivity index (χ0n) is 18.9. The van der Waals surface area contributed by atoms with E-state index in [4.69, 9.17) is 0 Å². The van der Waals surface area contributed by atoms with E-state index in [9.17, 15) is 9.59 Å². The Labute approximate surface area is 181 Å². The summed E-state index contributed by atoms with van der Waals surface area (Å²) < 4.78 is 1.66. The predicted octanol–water partition coefficient (Wildman–Crippen LogP) is 5.42. The summed E-state index contributed by atoms with van der Waals surface area (Å²) in [6, 6.07) is 0. The number of hydrogen-bond acceptors (Lipinski definition) is 3. The Morgan fingerprint density at radius 2 is 1.93 bits per heavy atom. The normalized spacial score (nSPS) is 45.3. The summed E-state index contributed by atoms with van der Waals surface area (Å²) in [6.07, 6.45) is 14.8. The van der Waals surface area contributed by atoms with Crippen LogP contribution in [0.25, 0.3) is 0 Å². The molecule has 0 aromatic carbocycles. The molecule has 4 aliphatic carbocycles. The van der Waals surface area contributed by atoms with Gasteiger partial charge < -0.3 is 0 Å². The third kappa shape index (κ3) is 3.20. The number of aromatic nitrogens is 2. The van der Waals surface area contributed by atoms with E-state index in [-0.39, 0.29) is 11.3 Å². The Morgan fingerprint density at radius 3 is 2.70 bits per heavy atom. The van der Waals surface area contributed by atoms with E-state index in [2.05, 4.69) is 25.9 Å². The fourth-order valence-electron chi connectivity index (χ4n) is 8.93. The van der Waals surface area contributed by atoms with Gasteiger partial charge in [0.05, 0.1) is 18.3 Å². The highest BCUT2D eigenvalue weighted by Crippen LogP contribution is 2.66. The average Bonchev–Trinajstić information content (AvgIpc) is 3.29. The molecule has 9 atom stereocenters. The number of Topliss-reactive ketones (excluding diaryl/α,β-unsaturated/α-hetero) is 1. The molecule has 0 bridgehead atoms. The van der Waals surface area contributed by atoms with Gasteiger partial charge in [0, 0.05) is 12.1 Å². The summed E-state index contributed by atoms with van der Waals surface area (Å²) in [5.41, 5.74) is 0.693. The smallest absolute Gasteiger partial charge is 0.157 e. The molecule has 0 radical (unpaired) electrons. The van der Waals surface area contributed by atoms with Crippen LogP contribution in [0.1, 0.15) is 82.5 Å². The van der Waals surface area contributed by atoms with Gasteiger partial charge in [0.2, 0.25) is 0 Å². The molecule has 0 N–H and O–H groups in total. The Morgan fingerprint density at radius 1 is 1.13 bits per heavy atom. The summed E-state index contributed by atoms with van der Waals surface area (Å²) in [4.78, 5) is 24.4. The van der Waals surface area contributed by atoms with E-state index in [1.807, 2.05) is 0 Å². The van der Waals surface area contributed by atoms with Gasteiger partial charge in [-0.05, 0) is 91.8 Å². The van der Waals surface area contributed by atoms with Crippen LogP contribution in [0, 0.1) is 52.8 Å². The third-order valence-electron chi connectivity index (χ3n) is 10.0. The zero-order valence-corrected chi connectivity index (χ0v) is 18.9. The minimum absolute atomic E-state index is 0.145. The molecule has 0 amide bonds. The standard InChI is InChI=1S/C26H38N2O2/c1-16-4-6-20-19(10-16)5-7-22-21(20)8-9-26(3)23(11-17(2)25(22)26)24(30)14-28-13-18(15-29)12-27-28/h12-13,15-17,19-23,25H,4-11,14H2,1-3H3. The zero-order chi connectivity index (χ0) is 21.0. The molecular weight excluding hydrogens is 372 g/mol. The fourth-order valence-corrected chi connectivity index (χ4v) is 8.93. The highest BCUT2D eigenvalue weighted by atomic mass is 16.1. The number of carbonyl (C=O) groups excluding carboxylic acids is 2. The van der Waals surface area contributed by atoms with Crippen molar-refractivity contribution >= 4 is 12.1 Å². The molecule has 0 saturated heterocycles. The van der Waals surface area contributed by atoms with Crippen LogP contribution < -0.4 is 0 Å². The minimum Gasteiger partial charge on any atom is -0.298 e. The highest BCUT2D eigenvalue weighted by Gasteiger charge is 2.60. The molecule has 4 saturated carbocycles. The van der Waals surface area contributed by atoms with Crippen LogP contribution in [0.4, 0.5) is 0 Å². The molecule has 4 nitrogen and oxygen atoms in total. The Balaban J connectivity index is 1.34. The van der Waals surface area contributed by atoms with E-state index in [0.717, 1.165) is 42.3 Å². The molecule has 0 aliphatic heterocycles. The van der Waals surface area contributed by atoms with Gasteiger partial charge in [0.1, 0.15) is 0 Å². The molecule has 4 fully saturated rings. The topological polar surface area (TPSA) is 52.0 Å². The predicted molar refractivity (Wildman–Crippen MR) is 117 cm³/mol. The van der Waals surface area contributed by atoms with Crippen LogP contribution >= 0.6 is 0 Å². The van der Waals surface area contributed by atoms with Crippen molar-refractivity contribution in [1.29, 1.82) is 0 Å². The van der Waals surface area contributed by atoms with E-state index in [0.29, 0.717) is 29.7 Å². The highest BCUT2D eigenvalue weighted by molar-refractivity contribution is 5.82. The van der Waals surface area contributed by atoms with E-state index in [1.165, 1.54) is 44.9 Å². The third-order valence-corrected chi connectivity index (χ3v) is 10.0. The molecule has 4 aliphatic rings. The van der Waals surface area contributed by atoms with Crippen LogP contribution in [0.15, 0.2) is 12.4 Å². The number of hydrogen-bond donors (Lipinski definition) is 0. The summed E-state index contributed by atoms with van der Waals surface area (Å²) in [7, 11) is 0. The van der Waals surface area contributed by atoms with Crippen molar-refractivity contribution < 1.29 is 9.59 Å². The molecular formula is C26H38N2O2. The SMILES string of the molecule is CC1CCC2C(CCC3C2CCC2(C)C(C(=O)Cn4cc(C=O)cn4)CC(C)C32)C1. The number of fused-ring (bicyclic) bond motifs is 5. The van der Waals surface area contributed by atoms with Gasteiger partial charge in [-0.3, -0.25) is 14.3 Å². The molecule has 164 valence electrons. The van der Waals surface area contributed by atoms with Gasteiger partial charge in [-0.2, -0.15) is 5.10 Å². The Hall–Kier alpha value is -1.45. The Bertz CT molecular complexity index is 816. The number of nitrogens with zero attached hydrogens (tertiary/aromatic N) is 2. The quantitative estimate of drug-likeness (QED) is 0.623. The summed E-state index contributed by atoms with van der Waals surface area (Å²) >= 11 is 0. The summed E-state index contributed by atoms with van der Waals surface area (Å²) in [6.45, 7) is 7.62. The lowest BCUT2D eigenvalue weighted by molar-refractivity contribution is -0.131. The molecule has 1 heterocycles. The van der Waals surface area contributed by atoms with Crippen LogP contribution in [-0.4, -0.2) is 21.8 Å². The second-order valence-corrected chi connectivity index (χ2v) is 11.6. The first-order chi connectivity index (χ1) is 14.4. The molecule has 1 aromatic heterocycles.